The van der Waals surface area contributed by atoms with E-state index in [4.69, 9.17) is 0 Å². The van der Waals surface area contributed by atoms with Gasteiger partial charge in [-0.2, -0.15) is 5.26 Å². The predicted molar refractivity (Wildman–Crippen MR) is 136 cm³/mol. The minimum atomic E-state index is -0.517. The summed E-state index contributed by atoms with van der Waals surface area (Å²) in [5.41, 5.74) is 2.39. The molecule has 3 aromatic rings. The van der Waals surface area contributed by atoms with Gasteiger partial charge in [0, 0.05) is 41.0 Å². The molecule has 7 nitrogen and oxygen atoms in total. The van der Waals surface area contributed by atoms with E-state index in [0.717, 1.165) is 16.1 Å². The molecular formula is C27H24N4O3S. The van der Waals surface area contributed by atoms with Crippen molar-refractivity contribution in [2.45, 2.75) is 39.5 Å². The van der Waals surface area contributed by atoms with Gasteiger partial charge in [0.15, 0.2) is 5.78 Å². The number of rotatable bonds is 4. The number of nitrogens with zero attached hydrogens (tertiary/aromatic N) is 4. The number of aryl methyl sites for hydroxylation is 1. The Morgan fingerprint density at radius 1 is 1.17 bits per heavy atom. The molecule has 0 saturated heterocycles. The summed E-state index contributed by atoms with van der Waals surface area (Å²) in [6.45, 7) is 5.88. The fourth-order valence-electron chi connectivity index (χ4n) is 5.16. The number of carbonyl (C=O) groups excluding carboxylic acids is 1. The van der Waals surface area contributed by atoms with Crippen molar-refractivity contribution in [2.24, 2.45) is 5.41 Å². The highest BCUT2D eigenvalue weighted by Crippen LogP contribution is 2.53. The SMILES string of the molecule is Cc1ccc(N2C3=C(C(=O)CC(C)(C)C3)[C@H](c3cccs3)C(C#N)=C2n2cccc2)c([N+](=O)[O-])c1. The lowest BCUT2D eigenvalue weighted by atomic mass is 9.69. The van der Waals surface area contributed by atoms with Crippen molar-refractivity contribution in [1.82, 2.24) is 4.57 Å². The maximum Gasteiger partial charge on any atom is 0.293 e. The summed E-state index contributed by atoms with van der Waals surface area (Å²) >= 11 is 1.50. The quantitative estimate of drug-likeness (QED) is 0.315. The fourth-order valence-corrected chi connectivity index (χ4v) is 6.01. The summed E-state index contributed by atoms with van der Waals surface area (Å²) in [5.74, 6) is -0.0161. The molecule has 0 amide bonds. The van der Waals surface area contributed by atoms with Crippen LogP contribution in [0.1, 0.15) is 43.0 Å². The topological polar surface area (TPSA) is 92.2 Å². The van der Waals surface area contributed by atoms with Gasteiger partial charge in [-0.1, -0.05) is 26.0 Å². The van der Waals surface area contributed by atoms with Crippen LogP contribution in [-0.2, 0) is 4.79 Å². The van der Waals surface area contributed by atoms with Crippen LogP contribution in [0.3, 0.4) is 0 Å². The lowest BCUT2D eigenvalue weighted by molar-refractivity contribution is -0.384. The van der Waals surface area contributed by atoms with Crippen molar-refractivity contribution < 1.29 is 9.72 Å². The number of hydrogen-bond acceptors (Lipinski definition) is 6. The van der Waals surface area contributed by atoms with Crippen LogP contribution in [0.5, 0.6) is 0 Å². The second kappa shape index (κ2) is 8.36. The second-order valence-corrected chi connectivity index (χ2v) is 10.8. The Kier molecular flexibility index (Phi) is 5.45. The molecule has 0 spiro atoms. The van der Waals surface area contributed by atoms with E-state index in [1.54, 1.807) is 17.9 Å². The van der Waals surface area contributed by atoms with Gasteiger partial charge in [-0.3, -0.25) is 19.8 Å². The Hall–Kier alpha value is -3.96. The number of hydrogen-bond donors (Lipinski definition) is 0. The van der Waals surface area contributed by atoms with E-state index >= 15 is 0 Å². The monoisotopic (exact) mass is 484 g/mol. The van der Waals surface area contributed by atoms with Crippen LogP contribution in [0.2, 0.25) is 0 Å². The molecule has 0 fully saturated rings. The third-order valence-corrected chi connectivity index (χ3v) is 7.50. The van der Waals surface area contributed by atoms with E-state index in [0.29, 0.717) is 35.5 Å². The number of nitriles is 1. The smallest absolute Gasteiger partial charge is 0.293 e. The van der Waals surface area contributed by atoms with E-state index in [-0.39, 0.29) is 16.9 Å². The number of nitro benzene ring substituents is 1. The molecule has 8 heteroatoms. The lowest BCUT2D eigenvalue weighted by Crippen LogP contribution is -2.40. The minimum absolute atomic E-state index is 0.0197. The third-order valence-electron chi connectivity index (χ3n) is 6.56. The summed E-state index contributed by atoms with van der Waals surface area (Å²) < 4.78 is 1.82. The second-order valence-electron chi connectivity index (χ2n) is 9.77. The number of ketones is 1. The Bertz CT molecular complexity index is 1440. The molecule has 1 aliphatic heterocycles. The van der Waals surface area contributed by atoms with E-state index < -0.39 is 10.8 Å². The van der Waals surface area contributed by atoms with Gasteiger partial charge in [0.25, 0.3) is 5.69 Å². The van der Waals surface area contributed by atoms with E-state index in [2.05, 4.69) is 6.07 Å². The van der Waals surface area contributed by atoms with Gasteiger partial charge >= 0.3 is 0 Å². The zero-order valence-electron chi connectivity index (χ0n) is 19.7. The Balaban J connectivity index is 1.90. The largest absolute Gasteiger partial charge is 0.309 e. The number of carbonyl (C=O) groups is 1. The number of Topliss-reactive ketones (excluding diaryl/α,β-unsaturated/α-hetero) is 1. The average molecular weight is 485 g/mol. The molecule has 35 heavy (non-hydrogen) atoms. The van der Waals surface area contributed by atoms with E-state index in [1.165, 1.54) is 17.4 Å². The van der Waals surface area contributed by atoms with Gasteiger partial charge in [0.1, 0.15) is 11.5 Å². The van der Waals surface area contributed by atoms with Crippen LogP contribution in [0.15, 0.2) is 77.1 Å². The highest BCUT2D eigenvalue weighted by molar-refractivity contribution is 7.10. The zero-order valence-corrected chi connectivity index (χ0v) is 20.5. The number of anilines is 1. The van der Waals surface area contributed by atoms with Gasteiger partial charge in [-0.15, -0.1) is 11.3 Å². The van der Waals surface area contributed by atoms with Gasteiger partial charge in [0.2, 0.25) is 0 Å². The molecule has 1 aliphatic carbocycles. The van der Waals surface area contributed by atoms with Crippen molar-refractivity contribution in [1.29, 1.82) is 5.26 Å². The third kappa shape index (κ3) is 3.78. The summed E-state index contributed by atoms with van der Waals surface area (Å²) in [6.07, 6.45) is 4.55. The van der Waals surface area contributed by atoms with Gasteiger partial charge in [-0.05, 0) is 54.0 Å². The van der Waals surface area contributed by atoms with Gasteiger partial charge in [0.05, 0.1) is 22.5 Å². The van der Waals surface area contributed by atoms with Gasteiger partial charge in [-0.25, -0.2) is 0 Å². The number of thiophene rings is 1. The first-order chi connectivity index (χ1) is 16.7. The van der Waals surface area contributed by atoms with Crippen LogP contribution in [0.25, 0.3) is 5.82 Å². The Morgan fingerprint density at radius 3 is 2.54 bits per heavy atom. The van der Waals surface area contributed by atoms with Crippen molar-refractivity contribution in [2.75, 3.05) is 4.90 Å². The van der Waals surface area contributed by atoms with Crippen molar-refractivity contribution >= 4 is 34.3 Å². The molecule has 0 N–H and O–H groups in total. The van der Waals surface area contributed by atoms with Gasteiger partial charge < -0.3 is 4.57 Å². The Labute approximate surface area is 207 Å². The molecule has 5 rings (SSSR count). The summed E-state index contributed by atoms with van der Waals surface area (Å²) in [7, 11) is 0. The molecular weight excluding hydrogens is 460 g/mol. The first-order valence-corrected chi connectivity index (χ1v) is 12.2. The minimum Gasteiger partial charge on any atom is -0.309 e. The lowest BCUT2D eigenvalue weighted by Gasteiger charge is -2.44. The summed E-state index contributed by atoms with van der Waals surface area (Å²) in [4.78, 5) is 28.2. The number of nitro groups is 1. The number of benzene rings is 1. The first-order valence-electron chi connectivity index (χ1n) is 11.3. The van der Waals surface area contributed by atoms with Crippen LogP contribution < -0.4 is 4.90 Å². The average Bonchev–Trinajstić information content (AvgIpc) is 3.51. The molecule has 2 aliphatic rings. The van der Waals surface area contributed by atoms with Crippen LogP contribution in [0, 0.1) is 33.8 Å². The highest BCUT2D eigenvalue weighted by Gasteiger charge is 2.46. The standard InChI is InChI=1S/C27H24N4O3S/c1-17-8-9-19(20(13-17)31(33)34)30-21-14-27(2,3)15-22(32)25(21)24(23-7-6-12-35-23)18(16-28)26(30)29-10-4-5-11-29/h4-13,24H,14-15H2,1-3H3/t24-/m0/s1. The molecule has 0 saturated carbocycles. The van der Waals surface area contributed by atoms with Crippen LogP contribution in [-0.4, -0.2) is 15.3 Å². The maximum atomic E-state index is 13.7. The molecule has 1 atom stereocenters. The molecule has 0 unspecified atom stereocenters. The normalized spacial score (nSPS) is 19.5. The van der Waals surface area contributed by atoms with Crippen molar-refractivity contribution in [3.8, 4) is 6.07 Å². The van der Waals surface area contributed by atoms with Crippen molar-refractivity contribution in [3.05, 3.63) is 97.6 Å². The van der Waals surface area contributed by atoms with E-state index in [1.807, 2.05) is 66.5 Å². The number of aromatic nitrogens is 1. The molecule has 3 heterocycles. The van der Waals surface area contributed by atoms with Crippen LogP contribution in [0.4, 0.5) is 11.4 Å². The molecule has 0 bridgehead atoms. The maximum absolute atomic E-state index is 13.7. The summed E-state index contributed by atoms with van der Waals surface area (Å²) in [5, 5.41) is 24.6. The molecule has 0 radical (unpaired) electrons. The fraction of sp³-hybridized carbons (Fsp3) is 0.259. The molecule has 2 aromatic heterocycles. The Morgan fingerprint density at radius 2 is 1.91 bits per heavy atom. The van der Waals surface area contributed by atoms with Crippen molar-refractivity contribution in [3.63, 3.8) is 0 Å². The van der Waals surface area contributed by atoms with Crippen LogP contribution >= 0.6 is 11.3 Å². The molecule has 176 valence electrons. The molecule has 1 aromatic carbocycles. The predicted octanol–water partition coefficient (Wildman–Crippen LogP) is 6.41. The highest BCUT2D eigenvalue weighted by atomic mass is 32.1. The first kappa shape index (κ1) is 22.8. The zero-order chi connectivity index (χ0) is 24.9. The summed E-state index contributed by atoms with van der Waals surface area (Å²) in [6, 6.07) is 15.0. The number of allylic oxidation sites excluding steroid dienone is 3. The van der Waals surface area contributed by atoms with E-state index in [9.17, 15) is 20.2 Å².